The van der Waals surface area contributed by atoms with Crippen LogP contribution in [0.15, 0.2) is 12.4 Å². The summed E-state index contributed by atoms with van der Waals surface area (Å²) in [7, 11) is 0. The van der Waals surface area contributed by atoms with Crippen molar-refractivity contribution in [3.05, 3.63) is 17.5 Å². The molecule has 82 valence electrons. The molecule has 0 bridgehead atoms. The minimum Gasteiger partial charge on any atom is -0.480 e. The predicted octanol–water partition coefficient (Wildman–Crippen LogP) is 1.65. The third-order valence-corrected chi connectivity index (χ3v) is 2.08. The lowest BCUT2D eigenvalue weighted by Crippen LogP contribution is -2.34. The minimum atomic E-state index is -0.917. The highest BCUT2D eigenvalue weighted by molar-refractivity contribution is 6.29. The van der Waals surface area contributed by atoms with Crippen molar-refractivity contribution in [3.8, 4) is 0 Å². The van der Waals surface area contributed by atoms with Crippen LogP contribution in [0.4, 0.5) is 5.82 Å². The largest absolute Gasteiger partial charge is 0.480 e. The van der Waals surface area contributed by atoms with E-state index in [-0.39, 0.29) is 11.1 Å². The molecule has 1 rings (SSSR count). The molecule has 0 aliphatic carbocycles. The fourth-order valence-corrected chi connectivity index (χ4v) is 1.23. The van der Waals surface area contributed by atoms with E-state index >= 15 is 0 Å². The van der Waals surface area contributed by atoms with Gasteiger partial charge in [-0.1, -0.05) is 25.4 Å². The molecule has 0 unspecified atom stereocenters. The highest BCUT2D eigenvalue weighted by Gasteiger charge is 2.21. The summed E-state index contributed by atoms with van der Waals surface area (Å²) in [5.74, 6) is -0.549. The molecule has 0 spiro atoms. The zero-order valence-corrected chi connectivity index (χ0v) is 9.19. The van der Waals surface area contributed by atoms with Crippen molar-refractivity contribution in [2.24, 2.45) is 5.92 Å². The van der Waals surface area contributed by atoms with Gasteiger partial charge in [0.1, 0.15) is 23.3 Å². The number of anilines is 1. The Hall–Kier alpha value is -1.36. The molecule has 0 fully saturated rings. The molecule has 0 saturated heterocycles. The van der Waals surface area contributed by atoms with E-state index in [1.807, 2.05) is 13.8 Å². The van der Waals surface area contributed by atoms with Gasteiger partial charge in [0.15, 0.2) is 0 Å². The third-order valence-electron chi connectivity index (χ3n) is 1.87. The van der Waals surface area contributed by atoms with Crippen molar-refractivity contribution in [1.29, 1.82) is 0 Å². The molecule has 0 saturated carbocycles. The van der Waals surface area contributed by atoms with Gasteiger partial charge in [-0.2, -0.15) is 0 Å². The number of halogens is 1. The lowest BCUT2D eigenvalue weighted by atomic mass is 10.1. The average Bonchev–Trinajstić information content (AvgIpc) is 2.13. The molecule has 1 aromatic heterocycles. The molecule has 1 heterocycles. The Balaban J connectivity index is 2.79. The highest BCUT2D eigenvalue weighted by Crippen LogP contribution is 2.13. The first-order valence-corrected chi connectivity index (χ1v) is 4.85. The van der Waals surface area contributed by atoms with Gasteiger partial charge in [0.05, 0.1) is 0 Å². The summed E-state index contributed by atoms with van der Waals surface area (Å²) in [4.78, 5) is 18.5. The number of nitrogens with one attached hydrogen (secondary N) is 1. The van der Waals surface area contributed by atoms with Crippen LogP contribution in [0.5, 0.6) is 0 Å². The number of carbonyl (C=O) groups is 1. The molecule has 0 aliphatic heterocycles. The maximum atomic E-state index is 10.9. The molecular weight excluding hydrogens is 218 g/mol. The molecule has 6 heteroatoms. The predicted molar refractivity (Wildman–Crippen MR) is 56.9 cm³/mol. The van der Waals surface area contributed by atoms with Crippen LogP contribution in [-0.2, 0) is 4.79 Å². The number of rotatable bonds is 4. The number of carboxylic acids is 1. The highest BCUT2D eigenvalue weighted by atomic mass is 35.5. The van der Waals surface area contributed by atoms with Crippen molar-refractivity contribution in [2.45, 2.75) is 19.9 Å². The normalized spacial score (nSPS) is 12.5. The smallest absolute Gasteiger partial charge is 0.326 e. The van der Waals surface area contributed by atoms with Gasteiger partial charge in [0.2, 0.25) is 0 Å². The van der Waals surface area contributed by atoms with E-state index < -0.39 is 12.0 Å². The summed E-state index contributed by atoms with van der Waals surface area (Å²) in [5, 5.41) is 12.0. The second-order valence-corrected chi connectivity index (χ2v) is 3.82. The summed E-state index contributed by atoms with van der Waals surface area (Å²) in [6, 6.07) is 0.802. The van der Waals surface area contributed by atoms with Crippen LogP contribution < -0.4 is 5.32 Å². The van der Waals surface area contributed by atoms with Crippen LogP contribution in [0.1, 0.15) is 13.8 Å². The number of hydrogen-bond acceptors (Lipinski definition) is 4. The summed E-state index contributed by atoms with van der Waals surface area (Å²) < 4.78 is 0. The van der Waals surface area contributed by atoms with E-state index in [9.17, 15) is 4.79 Å². The van der Waals surface area contributed by atoms with Gasteiger partial charge >= 0.3 is 5.97 Å². The maximum absolute atomic E-state index is 10.9. The van der Waals surface area contributed by atoms with Crippen LogP contribution in [0.25, 0.3) is 0 Å². The summed E-state index contributed by atoms with van der Waals surface area (Å²) in [6.07, 6.45) is 1.28. The summed E-state index contributed by atoms with van der Waals surface area (Å²) >= 11 is 5.65. The molecule has 15 heavy (non-hydrogen) atoms. The van der Waals surface area contributed by atoms with Gasteiger partial charge in [-0.3, -0.25) is 0 Å². The SMILES string of the molecule is CC(C)[C@@H](Nc1cc(Cl)ncn1)C(=O)O. The van der Waals surface area contributed by atoms with Crippen molar-refractivity contribution in [2.75, 3.05) is 5.32 Å². The minimum absolute atomic E-state index is 0.0451. The lowest BCUT2D eigenvalue weighted by Gasteiger charge is -2.18. The first-order valence-electron chi connectivity index (χ1n) is 4.47. The second kappa shape index (κ2) is 4.93. The van der Waals surface area contributed by atoms with Gasteiger partial charge in [-0.05, 0) is 5.92 Å². The molecule has 0 aliphatic rings. The second-order valence-electron chi connectivity index (χ2n) is 3.43. The van der Waals surface area contributed by atoms with Gasteiger partial charge in [-0.25, -0.2) is 14.8 Å². The van der Waals surface area contributed by atoms with E-state index in [1.54, 1.807) is 0 Å². The Kier molecular flexibility index (Phi) is 3.85. The molecular formula is C9H12ClN3O2. The zero-order chi connectivity index (χ0) is 11.4. The van der Waals surface area contributed by atoms with Crippen LogP contribution >= 0.6 is 11.6 Å². The zero-order valence-electron chi connectivity index (χ0n) is 8.44. The number of aromatic nitrogens is 2. The first-order chi connectivity index (χ1) is 7.00. The molecule has 0 radical (unpaired) electrons. The monoisotopic (exact) mass is 229 g/mol. The number of hydrogen-bond donors (Lipinski definition) is 2. The van der Waals surface area contributed by atoms with Crippen molar-refractivity contribution >= 4 is 23.4 Å². The van der Waals surface area contributed by atoms with E-state index in [2.05, 4.69) is 15.3 Å². The van der Waals surface area contributed by atoms with E-state index in [4.69, 9.17) is 16.7 Å². The Bertz CT molecular complexity index is 357. The fourth-order valence-electron chi connectivity index (χ4n) is 1.09. The third kappa shape index (κ3) is 3.36. The Morgan fingerprint density at radius 2 is 2.20 bits per heavy atom. The number of aliphatic carboxylic acids is 1. The number of carboxylic acid groups (broad SMARTS) is 1. The molecule has 1 aromatic rings. The quantitative estimate of drug-likeness (QED) is 0.768. The fraction of sp³-hybridized carbons (Fsp3) is 0.444. The van der Waals surface area contributed by atoms with Crippen LogP contribution in [-0.4, -0.2) is 27.1 Å². The number of nitrogens with zero attached hydrogens (tertiary/aromatic N) is 2. The van der Waals surface area contributed by atoms with E-state index in [0.717, 1.165) is 0 Å². The Morgan fingerprint density at radius 1 is 1.53 bits per heavy atom. The molecule has 1 atom stereocenters. The topological polar surface area (TPSA) is 75.1 Å². The van der Waals surface area contributed by atoms with Crippen molar-refractivity contribution in [3.63, 3.8) is 0 Å². The van der Waals surface area contributed by atoms with Crippen LogP contribution in [0.2, 0.25) is 5.15 Å². The van der Waals surface area contributed by atoms with Gasteiger partial charge in [0, 0.05) is 6.07 Å². The maximum Gasteiger partial charge on any atom is 0.326 e. The van der Waals surface area contributed by atoms with Gasteiger partial charge < -0.3 is 10.4 Å². The molecule has 0 amide bonds. The molecule has 0 aromatic carbocycles. The van der Waals surface area contributed by atoms with Gasteiger partial charge in [0.25, 0.3) is 0 Å². The molecule has 5 nitrogen and oxygen atoms in total. The Morgan fingerprint density at radius 3 is 2.67 bits per heavy atom. The first kappa shape index (κ1) is 11.7. The van der Waals surface area contributed by atoms with Crippen molar-refractivity contribution < 1.29 is 9.90 Å². The molecule has 2 N–H and O–H groups in total. The van der Waals surface area contributed by atoms with Crippen LogP contribution in [0.3, 0.4) is 0 Å². The van der Waals surface area contributed by atoms with E-state index in [1.165, 1.54) is 12.4 Å². The standard InChI is InChI=1S/C9H12ClN3O2/c1-5(2)8(9(14)15)13-7-3-6(10)11-4-12-7/h3-5,8H,1-2H3,(H,14,15)(H,11,12,13)/t8-/m1/s1. The van der Waals surface area contributed by atoms with Crippen LogP contribution in [0, 0.1) is 5.92 Å². The average molecular weight is 230 g/mol. The van der Waals surface area contributed by atoms with E-state index in [0.29, 0.717) is 5.82 Å². The summed E-state index contributed by atoms with van der Waals surface area (Å²) in [6.45, 7) is 3.63. The van der Waals surface area contributed by atoms with Gasteiger partial charge in [-0.15, -0.1) is 0 Å². The Labute approximate surface area is 92.5 Å². The lowest BCUT2D eigenvalue weighted by molar-refractivity contribution is -0.138. The summed E-state index contributed by atoms with van der Waals surface area (Å²) in [5.41, 5.74) is 0. The van der Waals surface area contributed by atoms with Crippen molar-refractivity contribution in [1.82, 2.24) is 9.97 Å².